The fraction of sp³-hybridized carbons (Fsp3) is 0.250. The number of hydrogen-bond acceptors (Lipinski definition) is 2. The van der Waals surface area contributed by atoms with Crippen molar-refractivity contribution in [3.8, 4) is 0 Å². The van der Waals surface area contributed by atoms with E-state index in [0.717, 1.165) is 0 Å². The van der Waals surface area contributed by atoms with E-state index in [2.05, 4.69) is 0 Å². The number of hydrogen-bond donors (Lipinski definition) is 1. The summed E-state index contributed by atoms with van der Waals surface area (Å²) in [6.45, 7) is 1.35. The van der Waals surface area contributed by atoms with Crippen LogP contribution in [0.4, 0.5) is 0 Å². The van der Waals surface area contributed by atoms with Crippen LogP contribution in [0.1, 0.15) is 17.7 Å². The summed E-state index contributed by atoms with van der Waals surface area (Å²) >= 11 is 11.4. The molecule has 78 valence electrons. The Hall–Kier alpha value is -0.290. The van der Waals surface area contributed by atoms with Gasteiger partial charge in [-0.25, -0.2) is 0 Å². The van der Waals surface area contributed by atoms with E-state index < -0.39 is 15.4 Å². The van der Waals surface area contributed by atoms with Crippen molar-refractivity contribution in [3.63, 3.8) is 0 Å². The van der Waals surface area contributed by atoms with Crippen molar-refractivity contribution in [2.24, 2.45) is 0 Å². The molecule has 0 aliphatic rings. The van der Waals surface area contributed by atoms with Gasteiger partial charge in [0.1, 0.15) is 5.25 Å². The first kappa shape index (κ1) is 11.8. The summed E-state index contributed by atoms with van der Waals surface area (Å²) < 4.78 is 30.5. The van der Waals surface area contributed by atoms with Gasteiger partial charge in [0.2, 0.25) is 0 Å². The van der Waals surface area contributed by atoms with Crippen molar-refractivity contribution in [1.82, 2.24) is 0 Å². The average Bonchev–Trinajstić information content (AvgIpc) is 2.01. The highest BCUT2D eigenvalue weighted by atomic mass is 35.5. The molecule has 3 nitrogen and oxygen atoms in total. The highest BCUT2D eigenvalue weighted by molar-refractivity contribution is 7.86. The zero-order chi connectivity index (χ0) is 10.9. The van der Waals surface area contributed by atoms with Gasteiger partial charge in [0.25, 0.3) is 10.1 Å². The van der Waals surface area contributed by atoms with Crippen LogP contribution in [0.15, 0.2) is 18.2 Å². The van der Waals surface area contributed by atoms with Gasteiger partial charge in [-0.2, -0.15) is 8.42 Å². The van der Waals surface area contributed by atoms with Crippen molar-refractivity contribution < 1.29 is 13.0 Å². The Morgan fingerprint density at radius 2 is 1.93 bits per heavy atom. The van der Waals surface area contributed by atoms with Crippen molar-refractivity contribution >= 4 is 33.3 Å². The Labute approximate surface area is 92.4 Å². The molecule has 0 radical (unpaired) electrons. The normalized spacial score (nSPS) is 14.0. The average molecular weight is 255 g/mol. The maximum atomic E-state index is 10.8. The maximum absolute atomic E-state index is 10.8. The summed E-state index contributed by atoms with van der Waals surface area (Å²) in [5.41, 5.74) is 0.332. The van der Waals surface area contributed by atoms with Crippen LogP contribution in [0.25, 0.3) is 0 Å². The van der Waals surface area contributed by atoms with E-state index in [0.29, 0.717) is 10.6 Å². The van der Waals surface area contributed by atoms with Gasteiger partial charge >= 0.3 is 0 Å². The largest absolute Gasteiger partial charge is 0.285 e. The molecule has 1 aromatic rings. The van der Waals surface area contributed by atoms with Gasteiger partial charge in [-0.15, -0.1) is 0 Å². The van der Waals surface area contributed by atoms with Gasteiger partial charge in [0.15, 0.2) is 0 Å². The Kier molecular flexibility index (Phi) is 3.42. The second-order valence-electron chi connectivity index (χ2n) is 2.82. The minimum Gasteiger partial charge on any atom is -0.285 e. The molecule has 6 heteroatoms. The van der Waals surface area contributed by atoms with E-state index >= 15 is 0 Å². The quantitative estimate of drug-likeness (QED) is 0.826. The van der Waals surface area contributed by atoms with E-state index in [4.69, 9.17) is 27.8 Å². The molecule has 0 saturated carbocycles. The molecule has 0 amide bonds. The lowest BCUT2D eigenvalue weighted by atomic mass is 10.2. The fourth-order valence-electron chi connectivity index (χ4n) is 0.992. The lowest BCUT2D eigenvalue weighted by Gasteiger charge is -2.10. The zero-order valence-corrected chi connectivity index (χ0v) is 9.57. The zero-order valence-electron chi connectivity index (χ0n) is 7.24. The number of benzene rings is 1. The van der Waals surface area contributed by atoms with Gasteiger partial charge in [0.05, 0.1) is 0 Å². The highest BCUT2D eigenvalue weighted by Gasteiger charge is 2.21. The lowest BCUT2D eigenvalue weighted by Crippen LogP contribution is -2.08. The smallest absolute Gasteiger partial charge is 0.271 e. The van der Waals surface area contributed by atoms with Gasteiger partial charge in [-0.3, -0.25) is 4.55 Å². The molecule has 0 heterocycles. The van der Waals surface area contributed by atoms with Gasteiger partial charge in [-0.1, -0.05) is 29.3 Å². The highest BCUT2D eigenvalue weighted by Crippen LogP contribution is 2.29. The topological polar surface area (TPSA) is 54.4 Å². The molecule has 0 aromatic heterocycles. The van der Waals surface area contributed by atoms with E-state index in [1.54, 1.807) is 0 Å². The van der Waals surface area contributed by atoms with Gasteiger partial charge in [0, 0.05) is 10.0 Å². The predicted octanol–water partition coefficient (Wildman–Crippen LogP) is 2.94. The molecule has 0 aliphatic heterocycles. The number of rotatable bonds is 2. The molecule has 0 spiro atoms. The molecule has 1 unspecified atom stereocenters. The Bertz CT molecular complexity index is 442. The molecule has 0 aliphatic carbocycles. The second-order valence-corrected chi connectivity index (χ2v) is 5.40. The van der Waals surface area contributed by atoms with Crippen molar-refractivity contribution in [2.45, 2.75) is 12.2 Å². The Balaban J connectivity index is 3.21. The molecule has 14 heavy (non-hydrogen) atoms. The van der Waals surface area contributed by atoms with Crippen molar-refractivity contribution in [3.05, 3.63) is 33.8 Å². The molecular weight excluding hydrogens is 247 g/mol. The van der Waals surface area contributed by atoms with Crippen LogP contribution in [0, 0.1) is 0 Å². The van der Waals surface area contributed by atoms with Crippen LogP contribution < -0.4 is 0 Å². The molecule has 0 bridgehead atoms. The van der Waals surface area contributed by atoms with E-state index in [9.17, 15) is 8.42 Å². The molecule has 1 rings (SSSR count). The first-order valence-corrected chi connectivity index (χ1v) is 5.99. The molecule has 1 aromatic carbocycles. The second kappa shape index (κ2) is 4.06. The molecule has 0 saturated heterocycles. The minimum atomic E-state index is -4.12. The molecule has 0 fully saturated rings. The summed E-state index contributed by atoms with van der Waals surface area (Å²) in [5.74, 6) is 0. The van der Waals surface area contributed by atoms with Crippen molar-refractivity contribution in [2.75, 3.05) is 0 Å². The van der Waals surface area contributed by atoms with Crippen LogP contribution >= 0.6 is 23.2 Å². The summed E-state index contributed by atoms with van der Waals surface area (Å²) in [6, 6.07) is 4.42. The van der Waals surface area contributed by atoms with Crippen LogP contribution in [-0.2, 0) is 10.1 Å². The van der Waals surface area contributed by atoms with Crippen LogP contribution in [-0.4, -0.2) is 13.0 Å². The van der Waals surface area contributed by atoms with E-state index in [1.807, 2.05) is 0 Å². The predicted molar refractivity (Wildman–Crippen MR) is 56.4 cm³/mol. The fourth-order valence-corrected chi connectivity index (χ4v) is 2.15. The number of halogens is 2. The molecular formula is C8H8Cl2O3S. The standard InChI is InChI=1S/C8H8Cl2O3S/c1-5(14(11,12)13)7-3-2-6(9)4-8(7)10/h2-5H,1H3,(H,11,12,13). The third-order valence-corrected chi connectivity index (χ3v) is 3.56. The summed E-state index contributed by atoms with van der Waals surface area (Å²) in [5, 5.41) is -0.406. The van der Waals surface area contributed by atoms with E-state index in [1.165, 1.54) is 25.1 Å². The third-order valence-electron chi connectivity index (χ3n) is 1.85. The van der Waals surface area contributed by atoms with Gasteiger partial charge in [-0.05, 0) is 24.6 Å². The minimum absolute atomic E-state index is 0.225. The lowest BCUT2D eigenvalue weighted by molar-refractivity contribution is 0.472. The summed E-state index contributed by atoms with van der Waals surface area (Å²) in [7, 11) is -4.12. The maximum Gasteiger partial charge on any atom is 0.271 e. The van der Waals surface area contributed by atoms with Gasteiger partial charge < -0.3 is 0 Å². The summed E-state index contributed by atoms with van der Waals surface area (Å²) in [6.07, 6.45) is 0. The monoisotopic (exact) mass is 254 g/mol. The van der Waals surface area contributed by atoms with Crippen molar-refractivity contribution in [1.29, 1.82) is 0 Å². The van der Waals surface area contributed by atoms with Crippen LogP contribution in [0.2, 0.25) is 10.0 Å². The van der Waals surface area contributed by atoms with Crippen LogP contribution in [0.3, 0.4) is 0 Å². The third kappa shape index (κ3) is 2.60. The Morgan fingerprint density at radius 3 is 2.36 bits per heavy atom. The first-order chi connectivity index (χ1) is 6.32. The molecule has 1 atom stereocenters. The van der Waals surface area contributed by atoms with E-state index in [-0.39, 0.29) is 5.02 Å². The van der Waals surface area contributed by atoms with Crippen LogP contribution in [0.5, 0.6) is 0 Å². The Morgan fingerprint density at radius 1 is 1.36 bits per heavy atom. The summed E-state index contributed by atoms with van der Waals surface area (Å²) in [4.78, 5) is 0. The SMILES string of the molecule is CC(c1ccc(Cl)cc1Cl)S(=O)(=O)O. The molecule has 1 N–H and O–H groups in total. The first-order valence-electron chi connectivity index (χ1n) is 3.73.